The van der Waals surface area contributed by atoms with Gasteiger partial charge in [0.05, 0.1) is 0 Å². The normalized spacial score (nSPS) is 14.1. The van der Waals surface area contributed by atoms with E-state index in [0.717, 1.165) is 0 Å². The van der Waals surface area contributed by atoms with Crippen LogP contribution in [0.5, 0.6) is 0 Å². The fraction of sp³-hybridized carbons (Fsp3) is 0.833. The van der Waals surface area contributed by atoms with E-state index in [1.165, 1.54) is 34.6 Å². The lowest BCUT2D eigenvalue weighted by atomic mass is 10.0. The van der Waals surface area contributed by atoms with Crippen molar-refractivity contribution in [2.45, 2.75) is 52.4 Å². The van der Waals surface area contributed by atoms with Crippen LogP contribution in [0.15, 0.2) is 0 Å². The van der Waals surface area contributed by atoms with Crippen molar-refractivity contribution in [3.63, 3.8) is 0 Å². The number of carboxylic acid groups (broad SMARTS) is 1. The highest BCUT2D eigenvalue weighted by atomic mass is 19.4. The zero-order chi connectivity index (χ0) is 16.3. The van der Waals surface area contributed by atoms with Crippen LogP contribution in [0.25, 0.3) is 0 Å². The molecule has 20 heavy (non-hydrogen) atoms. The zero-order valence-electron chi connectivity index (χ0n) is 12.1. The summed E-state index contributed by atoms with van der Waals surface area (Å²) in [5.41, 5.74) is -1.01. The number of hydrogen-bond donors (Lipinski definition) is 1. The first-order chi connectivity index (χ1) is 8.74. The standard InChI is InChI=1S/C12H20F3NO4/c1-7(2)8(9(17)18)16(6-12(13,14)15)10(19)20-11(3,4)5/h7-8H,6H2,1-5H3,(H,17,18)/t8-/m0/s1. The Morgan fingerprint density at radius 3 is 1.90 bits per heavy atom. The van der Waals surface area contributed by atoms with Crippen molar-refractivity contribution in [3.05, 3.63) is 0 Å². The Bertz CT molecular complexity index is 361. The molecule has 0 radical (unpaired) electrons. The summed E-state index contributed by atoms with van der Waals surface area (Å²) in [6.07, 6.45) is -6.00. The van der Waals surface area contributed by atoms with Crippen molar-refractivity contribution >= 4 is 12.1 Å². The molecule has 0 aromatic heterocycles. The highest BCUT2D eigenvalue weighted by Gasteiger charge is 2.42. The summed E-state index contributed by atoms with van der Waals surface area (Å²) in [4.78, 5) is 23.2. The number of nitrogens with zero attached hydrogens (tertiary/aromatic N) is 1. The molecule has 0 aliphatic heterocycles. The monoisotopic (exact) mass is 299 g/mol. The average molecular weight is 299 g/mol. The van der Waals surface area contributed by atoms with Gasteiger partial charge >= 0.3 is 18.2 Å². The van der Waals surface area contributed by atoms with E-state index in [2.05, 4.69) is 0 Å². The van der Waals surface area contributed by atoms with Crippen LogP contribution in [0, 0.1) is 5.92 Å². The molecule has 0 heterocycles. The van der Waals surface area contributed by atoms with Crippen LogP contribution < -0.4 is 0 Å². The zero-order valence-corrected chi connectivity index (χ0v) is 12.1. The van der Waals surface area contributed by atoms with E-state index >= 15 is 0 Å². The lowest BCUT2D eigenvalue weighted by Crippen LogP contribution is -2.53. The van der Waals surface area contributed by atoms with Crippen LogP contribution in [0.2, 0.25) is 0 Å². The minimum Gasteiger partial charge on any atom is -0.480 e. The van der Waals surface area contributed by atoms with Crippen molar-refractivity contribution in [2.75, 3.05) is 6.54 Å². The number of ether oxygens (including phenoxy) is 1. The largest absolute Gasteiger partial charge is 0.480 e. The second-order valence-corrected chi connectivity index (χ2v) is 5.75. The number of carbonyl (C=O) groups is 2. The molecule has 0 aliphatic carbocycles. The Morgan fingerprint density at radius 2 is 1.65 bits per heavy atom. The van der Waals surface area contributed by atoms with Gasteiger partial charge in [0.2, 0.25) is 0 Å². The maximum absolute atomic E-state index is 12.5. The molecule has 1 atom stereocenters. The molecular formula is C12H20F3NO4. The molecular weight excluding hydrogens is 279 g/mol. The number of rotatable bonds is 4. The van der Waals surface area contributed by atoms with Crippen LogP contribution in [-0.4, -0.2) is 46.4 Å². The predicted molar refractivity (Wildman–Crippen MR) is 65.3 cm³/mol. The van der Waals surface area contributed by atoms with Gasteiger partial charge in [-0.15, -0.1) is 0 Å². The van der Waals surface area contributed by atoms with Gasteiger partial charge in [-0.25, -0.2) is 9.59 Å². The van der Waals surface area contributed by atoms with E-state index in [1.807, 2.05) is 0 Å². The summed E-state index contributed by atoms with van der Waals surface area (Å²) < 4.78 is 42.5. The molecule has 0 saturated heterocycles. The summed E-state index contributed by atoms with van der Waals surface area (Å²) in [5, 5.41) is 9.04. The Labute approximate surface area is 115 Å². The molecule has 5 nitrogen and oxygen atoms in total. The molecule has 0 rings (SSSR count). The first-order valence-corrected chi connectivity index (χ1v) is 6.04. The first-order valence-electron chi connectivity index (χ1n) is 6.04. The second-order valence-electron chi connectivity index (χ2n) is 5.75. The van der Waals surface area contributed by atoms with Crippen molar-refractivity contribution in [1.82, 2.24) is 4.90 Å². The van der Waals surface area contributed by atoms with Gasteiger partial charge in [-0.05, 0) is 26.7 Å². The fourth-order valence-corrected chi connectivity index (χ4v) is 1.57. The van der Waals surface area contributed by atoms with Gasteiger partial charge in [-0.2, -0.15) is 13.2 Å². The number of amides is 1. The molecule has 1 amide bonds. The van der Waals surface area contributed by atoms with Crippen LogP contribution in [0.3, 0.4) is 0 Å². The fourth-order valence-electron chi connectivity index (χ4n) is 1.57. The SMILES string of the molecule is CC(C)[C@@H](C(=O)O)N(CC(F)(F)F)C(=O)OC(C)(C)C. The van der Waals surface area contributed by atoms with Crippen LogP contribution in [0.4, 0.5) is 18.0 Å². The summed E-state index contributed by atoms with van der Waals surface area (Å²) >= 11 is 0. The molecule has 0 fully saturated rings. The second kappa shape index (κ2) is 6.32. The lowest BCUT2D eigenvalue weighted by molar-refractivity contribution is -0.162. The highest BCUT2D eigenvalue weighted by Crippen LogP contribution is 2.23. The van der Waals surface area contributed by atoms with Crippen molar-refractivity contribution < 1.29 is 32.6 Å². The van der Waals surface area contributed by atoms with E-state index < -0.39 is 42.3 Å². The molecule has 0 aromatic rings. The van der Waals surface area contributed by atoms with Gasteiger partial charge in [-0.1, -0.05) is 13.8 Å². The average Bonchev–Trinajstić information content (AvgIpc) is 2.09. The smallest absolute Gasteiger partial charge is 0.411 e. The minimum absolute atomic E-state index is 0.207. The van der Waals surface area contributed by atoms with Gasteiger partial charge in [0.15, 0.2) is 0 Å². The van der Waals surface area contributed by atoms with Gasteiger partial charge in [-0.3, -0.25) is 4.90 Å². The molecule has 0 saturated carbocycles. The Hall–Kier alpha value is -1.47. The van der Waals surface area contributed by atoms with Gasteiger partial charge in [0.25, 0.3) is 0 Å². The van der Waals surface area contributed by atoms with Crippen LogP contribution >= 0.6 is 0 Å². The summed E-state index contributed by atoms with van der Waals surface area (Å²) in [5.74, 6) is -2.20. The molecule has 0 bridgehead atoms. The quantitative estimate of drug-likeness (QED) is 0.866. The third-order valence-electron chi connectivity index (χ3n) is 2.20. The summed E-state index contributed by atoms with van der Waals surface area (Å²) in [6, 6.07) is -1.61. The highest BCUT2D eigenvalue weighted by molar-refractivity contribution is 5.80. The number of carboxylic acids is 1. The van der Waals surface area contributed by atoms with E-state index in [-0.39, 0.29) is 4.90 Å². The lowest BCUT2D eigenvalue weighted by Gasteiger charge is -2.33. The van der Waals surface area contributed by atoms with Crippen molar-refractivity contribution in [1.29, 1.82) is 0 Å². The number of halogens is 3. The van der Waals surface area contributed by atoms with E-state index in [9.17, 15) is 22.8 Å². The summed E-state index contributed by atoms with van der Waals surface area (Å²) in [6.45, 7) is 5.64. The Balaban J connectivity index is 5.36. The Morgan fingerprint density at radius 1 is 1.20 bits per heavy atom. The predicted octanol–water partition coefficient (Wildman–Crippen LogP) is 2.90. The van der Waals surface area contributed by atoms with E-state index in [1.54, 1.807) is 0 Å². The number of hydrogen-bond acceptors (Lipinski definition) is 3. The van der Waals surface area contributed by atoms with Crippen molar-refractivity contribution in [2.24, 2.45) is 5.92 Å². The van der Waals surface area contributed by atoms with Crippen LogP contribution in [0.1, 0.15) is 34.6 Å². The summed E-state index contributed by atoms with van der Waals surface area (Å²) in [7, 11) is 0. The van der Waals surface area contributed by atoms with Crippen LogP contribution in [-0.2, 0) is 9.53 Å². The number of carbonyl (C=O) groups excluding carboxylic acids is 1. The molecule has 118 valence electrons. The number of alkyl halides is 3. The Kier molecular flexibility index (Phi) is 5.86. The van der Waals surface area contributed by atoms with Gasteiger partial charge in [0.1, 0.15) is 18.2 Å². The third kappa shape index (κ3) is 6.63. The van der Waals surface area contributed by atoms with Gasteiger partial charge < -0.3 is 9.84 Å². The molecule has 0 unspecified atom stereocenters. The molecule has 0 spiro atoms. The number of aliphatic carboxylic acids is 1. The van der Waals surface area contributed by atoms with Crippen molar-refractivity contribution in [3.8, 4) is 0 Å². The molecule has 0 aromatic carbocycles. The maximum atomic E-state index is 12.5. The molecule has 0 aliphatic rings. The molecule has 8 heteroatoms. The third-order valence-corrected chi connectivity index (χ3v) is 2.20. The first kappa shape index (κ1) is 18.5. The minimum atomic E-state index is -4.71. The van der Waals surface area contributed by atoms with E-state index in [0.29, 0.717) is 0 Å². The molecule has 1 N–H and O–H groups in total. The van der Waals surface area contributed by atoms with E-state index in [4.69, 9.17) is 9.84 Å². The maximum Gasteiger partial charge on any atom is 0.411 e. The topological polar surface area (TPSA) is 66.8 Å². The van der Waals surface area contributed by atoms with Gasteiger partial charge in [0, 0.05) is 0 Å².